The lowest BCUT2D eigenvalue weighted by atomic mass is 9.37. The molecule has 0 radical (unpaired) electrons. The number of hydrogen-bond donors (Lipinski definition) is 0. The Labute approximate surface area is 448 Å². The van der Waals surface area contributed by atoms with E-state index in [1.54, 1.807) is 0 Å². The first kappa shape index (κ1) is 65.5. The number of nitrogens with zero attached hydrogens (tertiary/aromatic N) is 1. The maximum Gasteiger partial charge on any atom is 0.305 e. The van der Waals surface area contributed by atoms with Gasteiger partial charge in [-0.3, -0.25) is 14.4 Å². The molecular formula is C62H115NO10. The van der Waals surface area contributed by atoms with E-state index in [0.717, 1.165) is 122 Å². The molecule has 0 aliphatic heterocycles. The summed E-state index contributed by atoms with van der Waals surface area (Å²) in [5.74, 6) is 0.175. The van der Waals surface area contributed by atoms with E-state index in [2.05, 4.69) is 46.4 Å². The highest BCUT2D eigenvalue weighted by Crippen LogP contribution is 2.73. The lowest BCUT2D eigenvalue weighted by molar-refractivity contribution is -0.177. The molecule has 0 N–H and O–H groups in total. The van der Waals surface area contributed by atoms with Crippen LogP contribution in [0.2, 0.25) is 0 Å². The molecule has 0 aromatic carbocycles. The minimum absolute atomic E-state index is 0.00193. The molecule has 0 heterocycles. The highest BCUT2D eigenvalue weighted by atomic mass is 16.7. The van der Waals surface area contributed by atoms with Crippen molar-refractivity contribution >= 4 is 17.9 Å². The molecule has 4 aliphatic rings. The predicted molar refractivity (Wildman–Crippen MR) is 296 cm³/mol. The smallest absolute Gasteiger partial charge is 0.305 e. The molecule has 11 heteroatoms. The van der Waals surface area contributed by atoms with Crippen LogP contribution in [0, 0.1) is 22.2 Å². The first-order chi connectivity index (χ1) is 35.6. The van der Waals surface area contributed by atoms with Gasteiger partial charge in [-0.05, 0) is 138 Å². The zero-order chi connectivity index (χ0) is 52.7. The number of esters is 3. The van der Waals surface area contributed by atoms with Crippen LogP contribution in [0.25, 0.3) is 0 Å². The quantitative estimate of drug-likeness (QED) is 0.0251. The van der Waals surface area contributed by atoms with Crippen molar-refractivity contribution in [3.05, 3.63) is 0 Å². The van der Waals surface area contributed by atoms with Gasteiger partial charge < -0.3 is 38.1 Å². The van der Waals surface area contributed by atoms with Gasteiger partial charge in [0.15, 0.2) is 12.6 Å². The lowest BCUT2D eigenvalue weighted by Gasteiger charge is -2.67. The van der Waals surface area contributed by atoms with Gasteiger partial charge in [0.1, 0.15) is 0 Å². The van der Waals surface area contributed by atoms with E-state index in [4.69, 9.17) is 33.2 Å². The molecule has 2 unspecified atom stereocenters. The van der Waals surface area contributed by atoms with Crippen LogP contribution < -0.4 is 0 Å². The summed E-state index contributed by atoms with van der Waals surface area (Å²) in [6, 6.07) is 0. The fourth-order valence-corrected chi connectivity index (χ4v) is 13.2. The zero-order valence-electron chi connectivity index (χ0n) is 48.5. The monoisotopic (exact) mass is 1030 g/mol. The summed E-state index contributed by atoms with van der Waals surface area (Å²) in [5.41, 5.74) is 0.00556. The van der Waals surface area contributed by atoms with Gasteiger partial charge in [0, 0.05) is 65.1 Å². The topological polar surface area (TPSA) is 119 Å². The molecule has 4 aliphatic carbocycles. The van der Waals surface area contributed by atoms with Gasteiger partial charge in [-0.1, -0.05) is 144 Å². The van der Waals surface area contributed by atoms with Crippen molar-refractivity contribution in [2.24, 2.45) is 22.2 Å². The minimum atomic E-state index is -0.256. The number of unbranched alkanes of at least 4 members (excludes halogenated alkanes) is 16. The Balaban J connectivity index is 1.57. The van der Waals surface area contributed by atoms with Crippen molar-refractivity contribution in [2.45, 2.75) is 292 Å². The second kappa shape index (κ2) is 40.4. The fraction of sp³-hybridized carbons (Fsp3) is 0.952. The first-order valence-corrected chi connectivity index (χ1v) is 31.2. The summed E-state index contributed by atoms with van der Waals surface area (Å²) in [6.45, 7) is 20.3. The Hall–Kier alpha value is -1.79. The number of ether oxygens (including phenoxy) is 7. The Kier molecular flexibility index (Phi) is 36.3. The molecule has 0 aromatic heterocycles. The highest BCUT2D eigenvalue weighted by Gasteiger charge is 2.62. The SMILES string of the molecule is CCCCCCCOC(CCCOC(=O)CCC12CC3CC(CCC(=O)OCCCC(OCCCCCCC)OCCCCCCC)(C1)CC(CCC(=O)OCCCN(CC)CC)(C3)C2)OCCCCCCC. The molecule has 73 heavy (non-hydrogen) atoms. The van der Waals surface area contributed by atoms with Crippen molar-refractivity contribution < 1.29 is 47.5 Å². The van der Waals surface area contributed by atoms with Gasteiger partial charge in [0.05, 0.1) is 19.8 Å². The van der Waals surface area contributed by atoms with Gasteiger partial charge in [0.25, 0.3) is 0 Å². The van der Waals surface area contributed by atoms with Crippen LogP contribution in [0.3, 0.4) is 0 Å². The molecule has 0 spiro atoms. The molecule has 4 bridgehead atoms. The molecule has 2 atom stereocenters. The second-order valence-electron chi connectivity index (χ2n) is 23.3. The van der Waals surface area contributed by atoms with Crippen molar-refractivity contribution in [1.29, 1.82) is 0 Å². The number of rotatable bonds is 51. The largest absolute Gasteiger partial charge is 0.466 e. The maximum absolute atomic E-state index is 13.5. The molecule has 428 valence electrons. The highest BCUT2D eigenvalue weighted by molar-refractivity contribution is 5.70. The molecule has 11 nitrogen and oxygen atoms in total. The third-order valence-corrected chi connectivity index (χ3v) is 16.7. The first-order valence-electron chi connectivity index (χ1n) is 31.2. The van der Waals surface area contributed by atoms with E-state index in [1.807, 2.05) is 0 Å². The second-order valence-corrected chi connectivity index (χ2v) is 23.3. The van der Waals surface area contributed by atoms with Crippen LogP contribution in [-0.4, -0.2) is 101 Å². The summed E-state index contributed by atoms with van der Waals surface area (Å²) >= 11 is 0. The number of carbonyl (C=O) groups excluding carboxylic acids is 3. The fourth-order valence-electron chi connectivity index (χ4n) is 13.2. The van der Waals surface area contributed by atoms with Gasteiger partial charge in [-0.2, -0.15) is 0 Å². The third kappa shape index (κ3) is 29.0. The van der Waals surface area contributed by atoms with Crippen LogP contribution >= 0.6 is 0 Å². The Morgan fingerprint density at radius 3 is 1.00 bits per heavy atom. The average molecular weight is 1030 g/mol. The van der Waals surface area contributed by atoms with E-state index >= 15 is 0 Å². The molecule has 0 amide bonds. The summed E-state index contributed by atoms with van der Waals surface area (Å²) in [7, 11) is 0. The van der Waals surface area contributed by atoms with E-state index in [-0.39, 0.29) is 46.7 Å². The Morgan fingerprint density at radius 2 is 0.699 bits per heavy atom. The maximum atomic E-state index is 13.5. The van der Waals surface area contributed by atoms with E-state index in [0.29, 0.717) is 84.3 Å². The Bertz CT molecular complexity index is 1280. The standard InChI is InChI=1S/C62H115NO10/c1-7-13-17-21-25-41-70-58(71-42-26-22-18-14-8-2)32-29-45-67-55(64)34-37-60-48-54-49-61(51-60,53-62(50-54,52-60)39-36-57(66)69-47-31-40-63(11-5)12-6)38-35-56(65)68-46-30-33-59(72-43-27-23-19-15-9-3)73-44-28-24-20-16-10-4/h54,58-59H,7-53H2,1-6H3. The zero-order valence-corrected chi connectivity index (χ0v) is 48.5. The van der Waals surface area contributed by atoms with Crippen LogP contribution in [0.15, 0.2) is 0 Å². The summed E-state index contributed by atoms with van der Waals surface area (Å²) in [4.78, 5) is 42.6. The van der Waals surface area contributed by atoms with Crippen LogP contribution in [-0.2, 0) is 47.5 Å². The minimum Gasteiger partial charge on any atom is -0.466 e. The van der Waals surface area contributed by atoms with Crippen molar-refractivity contribution in [2.75, 3.05) is 65.9 Å². The molecular weight excluding hydrogens is 919 g/mol. The van der Waals surface area contributed by atoms with Crippen molar-refractivity contribution in [3.63, 3.8) is 0 Å². The predicted octanol–water partition coefficient (Wildman–Crippen LogP) is 15.8. The summed E-state index contributed by atoms with van der Waals surface area (Å²) < 4.78 is 42.5. The van der Waals surface area contributed by atoms with Crippen molar-refractivity contribution in [3.8, 4) is 0 Å². The summed E-state index contributed by atoms with van der Waals surface area (Å²) in [6.07, 6.45) is 37.1. The normalized spacial score (nSPS) is 21.2. The summed E-state index contributed by atoms with van der Waals surface area (Å²) in [5, 5.41) is 0. The van der Waals surface area contributed by atoms with Gasteiger partial charge in [-0.25, -0.2) is 0 Å². The molecule has 0 saturated heterocycles. The average Bonchev–Trinajstić information content (AvgIpc) is 3.38. The van der Waals surface area contributed by atoms with Crippen LogP contribution in [0.1, 0.15) is 279 Å². The molecule has 4 fully saturated rings. The van der Waals surface area contributed by atoms with Gasteiger partial charge in [0.2, 0.25) is 0 Å². The van der Waals surface area contributed by atoms with E-state index < -0.39 is 0 Å². The van der Waals surface area contributed by atoms with E-state index in [1.165, 1.54) is 103 Å². The van der Waals surface area contributed by atoms with Crippen LogP contribution in [0.5, 0.6) is 0 Å². The van der Waals surface area contributed by atoms with Crippen molar-refractivity contribution in [1.82, 2.24) is 4.90 Å². The van der Waals surface area contributed by atoms with Crippen LogP contribution in [0.4, 0.5) is 0 Å². The molecule has 0 aromatic rings. The Morgan fingerprint density at radius 1 is 0.397 bits per heavy atom. The third-order valence-electron chi connectivity index (χ3n) is 16.7. The van der Waals surface area contributed by atoms with E-state index in [9.17, 15) is 14.4 Å². The number of carbonyl (C=O) groups is 3. The molecule has 4 rings (SSSR count). The van der Waals surface area contributed by atoms with Gasteiger partial charge >= 0.3 is 17.9 Å². The van der Waals surface area contributed by atoms with Gasteiger partial charge in [-0.15, -0.1) is 0 Å². The number of hydrogen-bond acceptors (Lipinski definition) is 11. The lowest BCUT2D eigenvalue weighted by Crippen LogP contribution is -2.57. The molecule has 4 saturated carbocycles.